The second-order valence-electron chi connectivity index (χ2n) is 4.34. The average molecular weight is 250 g/mol. The van der Waals surface area contributed by atoms with E-state index in [0.717, 1.165) is 11.3 Å². The first-order valence-corrected chi connectivity index (χ1v) is 5.77. The minimum atomic E-state index is -0.555. The largest absolute Gasteiger partial charge is 0.469 e. The molecule has 1 amide bonds. The third-order valence-electron chi connectivity index (χ3n) is 2.53. The zero-order valence-corrected chi connectivity index (χ0v) is 11.1. The number of aryl methyl sites for hydroxylation is 1. The summed E-state index contributed by atoms with van der Waals surface area (Å²) >= 11 is 0. The molecule has 0 saturated carbocycles. The molecule has 0 bridgehead atoms. The van der Waals surface area contributed by atoms with E-state index in [1.807, 2.05) is 26.8 Å². The molecule has 0 fully saturated rings. The Labute approximate surface area is 107 Å². The van der Waals surface area contributed by atoms with Crippen LogP contribution in [0.5, 0.6) is 0 Å². The molecule has 1 aromatic rings. The Hall–Kier alpha value is -1.91. The first-order valence-electron chi connectivity index (χ1n) is 5.77. The molecule has 1 N–H and O–H groups in total. The van der Waals surface area contributed by atoms with Crippen molar-refractivity contribution in [3.8, 4) is 0 Å². The third kappa shape index (κ3) is 3.55. The van der Waals surface area contributed by atoms with Crippen LogP contribution in [-0.2, 0) is 14.3 Å². The first kappa shape index (κ1) is 14.2. The molecule has 0 aromatic carbocycles. The first-order chi connectivity index (χ1) is 8.45. The summed E-state index contributed by atoms with van der Waals surface area (Å²) in [6.07, 6.45) is 1.42. The summed E-state index contributed by atoms with van der Waals surface area (Å²) in [6, 6.07) is 1.82. The molecular weight excluding hydrogens is 232 g/mol. The molecule has 0 aliphatic carbocycles. The van der Waals surface area contributed by atoms with Gasteiger partial charge in [0.2, 0.25) is 5.91 Å². The van der Waals surface area contributed by atoms with Gasteiger partial charge in [-0.05, 0) is 24.5 Å². The lowest BCUT2D eigenvalue weighted by molar-refractivity contribution is -0.142. The molecule has 1 heterocycles. The van der Waals surface area contributed by atoms with Crippen molar-refractivity contribution < 1.29 is 14.3 Å². The van der Waals surface area contributed by atoms with Gasteiger partial charge in [0.15, 0.2) is 0 Å². The maximum atomic E-state index is 11.7. The number of rotatable bonds is 4. The van der Waals surface area contributed by atoms with Crippen molar-refractivity contribution in [1.82, 2.24) is 4.98 Å². The molecule has 5 nitrogen and oxygen atoms in total. The Kier molecular flexibility index (Phi) is 4.83. The van der Waals surface area contributed by atoms with Crippen molar-refractivity contribution >= 4 is 17.6 Å². The molecule has 5 heteroatoms. The lowest BCUT2D eigenvalue weighted by Gasteiger charge is -2.14. The maximum Gasteiger partial charge on any atom is 0.315 e. The highest BCUT2D eigenvalue weighted by atomic mass is 16.5. The van der Waals surface area contributed by atoms with Crippen molar-refractivity contribution in [3.63, 3.8) is 0 Å². The van der Waals surface area contributed by atoms with Crippen LogP contribution < -0.4 is 5.32 Å². The zero-order chi connectivity index (χ0) is 13.7. The van der Waals surface area contributed by atoms with E-state index in [0.29, 0.717) is 5.69 Å². The van der Waals surface area contributed by atoms with Crippen LogP contribution in [0.4, 0.5) is 5.69 Å². The van der Waals surface area contributed by atoms with Gasteiger partial charge in [-0.15, -0.1) is 0 Å². The van der Waals surface area contributed by atoms with Gasteiger partial charge < -0.3 is 10.1 Å². The van der Waals surface area contributed by atoms with Gasteiger partial charge in [0.05, 0.1) is 18.5 Å². The number of carbonyl (C=O) groups excluding carboxylic acids is 2. The summed E-state index contributed by atoms with van der Waals surface area (Å²) in [4.78, 5) is 26.9. The topological polar surface area (TPSA) is 68.3 Å². The van der Waals surface area contributed by atoms with Gasteiger partial charge >= 0.3 is 5.97 Å². The fourth-order valence-electron chi connectivity index (χ4n) is 1.57. The smallest absolute Gasteiger partial charge is 0.315 e. The van der Waals surface area contributed by atoms with Gasteiger partial charge in [0.25, 0.3) is 0 Å². The number of pyridine rings is 1. The Morgan fingerprint density at radius 2 is 2.11 bits per heavy atom. The molecule has 0 aliphatic heterocycles. The molecule has 0 atom stereocenters. The maximum absolute atomic E-state index is 11.7. The summed E-state index contributed by atoms with van der Waals surface area (Å²) in [6.45, 7) is 5.89. The lowest BCUT2D eigenvalue weighted by Crippen LogP contribution is -2.19. The van der Waals surface area contributed by atoms with Gasteiger partial charge in [0.1, 0.15) is 6.42 Å². The molecule has 0 saturated heterocycles. The molecule has 18 heavy (non-hydrogen) atoms. The SMILES string of the molecule is COC(=O)CC(=O)Nc1c(C)ccnc1C(C)C. The summed E-state index contributed by atoms with van der Waals surface area (Å²) in [5.74, 6) is -0.752. The van der Waals surface area contributed by atoms with E-state index in [9.17, 15) is 9.59 Å². The number of anilines is 1. The van der Waals surface area contributed by atoms with Crippen LogP contribution >= 0.6 is 0 Å². The predicted molar refractivity (Wildman–Crippen MR) is 68.3 cm³/mol. The number of nitrogens with zero attached hydrogens (tertiary/aromatic N) is 1. The molecule has 0 spiro atoms. The summed E-state index contributed by atoms with van der Waals surface area (Å²) in [5, 5.41) is 2.72. The molecule has 0 radical (unpaired) electrons. The monoisotopic (exact) mass is 250 g/mol. The van der Waals surface area contributed by atoms with Crippen LogP contribution in [-0.4, -0.2) is 24.0 Å². The van der Waals surface area contributed by atoms with Crippen LogP contribution in [0, 0.1) is 6.92 Å². The van der Waals surface area contributed by atoms with E-state index in [2.05, 4.69) is 15.0 Å². The van der Waals surface area contributed by atoms with Gasteiger partial charge in [-0.25, -0.2) is 0 Å². The van der Waals surface area contributed by atoms with E-state index < -0.39 is 5.97 Å². The number of methoxy groups -OCH3 is 1. The molecule has 0 aliphatic rings. The number of amides is 1. The molecular formula is C13H18N2O3. The van der Waals surface area contributed by atoms with Crippen LogP contribution in [0.15, 0.2) is 12.3 Å². The summed E-state index contributed by atoms with van der Waals surface area (Å²) in [7, 11) is 1.25. The number of ether oxygens (including phenoxy) is 1. The predicted octanol–water partition coefficient (Wildman–Crippen LogP) is 2.02. The van der Waals surface area contributed by atoms with Crippen LogP contribution in [0.3, 0.4) is 0 Å². The highest BCUT2D eigenvalue weighted by Crippen LogP contribution is 2.25. The van der Waals surface area contributed by atoms with Crippen LogP contribution in [0.25, 0.3) is 0 Å². The van der Waals surface area contributed by atoms with Crippen LogP contribution in [0.2, 0.25) is 0 Å². The van der Waals surface area contributed by atoms with Crippen molar-refractivity contribution in [3.05, 3.63) is 23.5 Å². The van der Waals surface area contributed by atoms with Crippen molar-refractivity contribution in [2.75, 3.05) is 12.4 Å². The standard InChI is InChI=1S/C13H18N2O3/c1-8(2)12-13(9(3)5-6-14-12)15-10(16)7-11(17)18-4/h5-6,8H,7H2,1-4H3,(H,15,16). The third-order valence-corrected chi connectivity index (χ3v) is 2.53. The Balaban J connectivity index is 2.90. The van der Waals surface area contributed by atoms with Gasteiger partial charge in [-0.2, -0.15) is 0 Å². The highest BCUT2D eigenvalue weighted by molar-refractivity contribution is 6.02. The average Bonchev–Trinajstić information content (AvgIpc) is 2.31. The molecule has 1 rings (SSSR count). The molecule has 0 unspecified atom stereocenters. The van der Waals surface area contributed by atoms with E-state index in [4.69, 9.17) is 0 Å². The fourth-order valence-corrected chi connectivity index (χ4v) is 1.57. The summed E-state index contributed by atoms with van der Waals surface area (Å²) < 4.78 is 4.45. The molecule has 1 aromatic heterocycles. The van der Waals surface area contributed by atoms with E-state index in [1.54, 1.807) is 6.20 Å². The Morgan fingerprint density at radius 1 is 1.44 bits per heavy atom. The quantitative estimate of drug-likeness (QED) is 0.655. The number of hydrogen-bond donors (Lipinski definition) is 1. The second-order valence-corrected chi connectivity index (χ2v) is 4.34. The van der Waals surface area contributed by atoms with Gasteiger partial charge in [0, 0.05) is 6.20 Å². The van der Waals surface area contributed by atoms with E-state index in [-0.39, 0.29) is 18.2 Å². The number of hydrogen-bond acceptors (Lipinski definition) is 4. The van der Waals surface area contributed by atoms with Crippen molar-refractivity contribution in [1.29, 1.82) is 0 Å². The van der Waals surface area contributed by atoms with Gasteiger partial charge in [-0.1, -0.05) is 13.8 Å². The van der Waals surface area contributed by atoms with E-state index in [1.165, 1.54) is 7.11 Å². The van der Waals surface area contributed by atoms with Crippen molar-refractivity contribution in [2.45, 2.75) is 33.1 Å². The highest BCUT2D eigenvalue weighted by Gasteiger charge is 2.15. The number of aromatic nitrogens is 1. The summed E-state index contributed by atoms with van der Waals surface area (Å²) in [5.41, 5.74) is 2.42. The van der Waals surface area contributed by atoms with Gasteiger partial charge in [-0.3, -0.25) is 14.6 Å². The fraction of sp³-hybridized carbons (Fsp3) is 0.462. The minimum absolute atomic E-state index is 0.193. The number of esters is 1. The normalized spacial score (nSPS) is 10.3. The number of nitrogens with one attached hydrogen (secondary N) is 1. The minimum Gasteiger partial charge on any atom is -0.469 e. The van der Waals surface area contributed by atoms with Crippen molar-refractivity contribution in [2.24, 2.45) is 0 Å². The van der Waals surface area contributed by atoms with Crippen LogP contribution in [0.1, 0.15) is 37.4 Å². The van der Waals surface area contributed by atoms with E-state index >= 15 is 0 Å². The number of carbonyl (C=O) groups is 2. The second kappa shape index (κ2) is 6.14. The molecule has 98 valence electrons. The lowest BCUT2D eigenvalue weighted by atomic mass is 10.0. The Morgan fingerprint density at radius 3 is 2.67 bits per heavy atom. The Bertz CT molecular complexity index is 456. The zero-order valence-electron chi connectivity index (χ0n) is 11.1.